The minimum Gasteiger partial charge on any atom is -0.378 e. The number of rotatable bonds is 5. The molecular weight excluding hydrogens is 246 g/mol. The van der Waals surface area contributed by atoms with Gasteiger partial charge in [0.1, 0.15) is 0 Å². The van der Waals surface area contributed by atoms with Gasteiger partial charge in [0.2, 0.25) is 0 Å². The number of nitrogens with zero attached hydrogens (tertiary/aromatic N) is 2. The van der Waals surface area contributed by atoms with Crippen LogP contribution in [0.25, 0.3) is 0 Å². The zero-order valence-corrected chi connectivity index (χ0v) is 13.3. The summed E-state index contributed by atoms with van der Waals surface area (Å²) in [6.07, 6.45) is 3.82. The van der Waals surface area contributed by atoms with Gasteiger partial charge in [0.05, 0.1) is 0 Å². The maximum absolute atomic E-state index is 6.11. The summed E-state index contributed by atoms with van der Waals surface area (Å²) >= 11 is 0. The maximum Gasteiger partial charge on any atom is 0.0476 e. The number of anilines is 1. The largest absolute Gasteiger partial charge is 0.378 e. The molecule has 2 N–H and O–H groups in total. The van der Waals surface area contributed by atoms with E-state index in [2.05, 4.69) is 62.0 Å². The average molecular weight is 275 g/mol. The van der Waals surface area contributed by atoms with E-state index in [4.69, 9.17) is 5.73 Å². The Balaban J connectivity index is 2.22. The van der Waals surface area contributed by atoms with Gasteiger partial charge in [-0.05, 0) is 43.9 Å². The molecule has 1 aromatic carbocycles. The van der Waals surface area contributed by atoms with Crippen LogP contribution >= 0.6 is 0 Å². The number of likely N-dealkylation sites (tertiary alicyclic amines) is 1. The lowest BCUT2D eigenvalue weighted by Gasteiger charge is -2.36. The maximum atomic E-state index is 6.11. The Kier molecular flexibility index (Phi) is 5.06. The van der Waals surface area contributed by atoms with Gasteiger partial charge in [0.25, 0.3) is 0 Å². The third kappa shape index (κ3) is 2.99. The normalized spacial score (nSPS) is 24.9. The molecule has 0 aromatic heterocycles. The lowest BCUT2D eigenvalue weighted by molar-refractivity contribution is 0.137. The van der Waals surface area contributed by atoms with E-state index in [1.165, 1.54) is 30.5 Å². The highest BCUT2D eigenvalue weighted by atomic mass is 15.2. The number of benzene rings is 1. The Bertz CT molecular complexity index is 413. The predicted molar refractivity (Wildman–Crippen MR) is 87.2 cm³/mol. The van der Waals surface area contributed by atoms with Crippen molar-refractivity contribution in [1.82, 2.24) is 4.90 Å². The molecule has 1 fully saturated rings. The molecule has 1 aliphatic heterocycles. The summed E-state index contributed by atoms with van der Waals surface area (Å²) < 4.78 is 0. The molecule has 1 saturated heterocycles. The van der Waals surface area contributed by atoms with Gasteiger partial charge in [-0.15, -0.1) is 0 Å². The Morgan fingerprint density at radius 1 is 1.25 bits per heavy atom. The van der Waals surface area contributed by atoms with E-state index in [0.29, 0.717) is 24.7 Å². The third-order valence-corrected chi connectivity index (χ3v) is 4.70. The van der Waals surface area contributed by atoms with Gasteiger partial charge < -0.3 is 10.6 Å². The van der Waals surface area contributed by atoms with Crippen molar-refractivity contribution in [3.8, 4) is 0 Å². The number of hydrogen-bond acceptors (Lipinski definition) is 3. The Morgan fingerprint density at radius 2 is 1.90 bits per heavy atom. The van der Waals surface area contributed by atoms with Gasteiger partial charge in [-0.2, -0.15) is 0 Å². The van der Waals surface area contributed by atoms with Gasteiger partial charge in [0, 0.05) is 44.5 Å². The van der Waals surface area contributed by atoms with Crippen molar-refractivity contribution in [2.75, 3.05) is 25.5 Å². The first-order chi connectivity index (χ1) is 9.58. The van der Waals surface area contributed by atoms with E-state index >= 15 is 0 Å². The summed E-state index contributed by atoms with van der Waals surface area (Å²) in [7, 11) is 4.15. The van der Waals surface area contributed by atoms with Crippen molar-refractivity contribution in [1.29, 1.82) is 0 Å². The van der Waals surface area contributed by atoms with Gasteiger partial charge in [-0.3, -0.25) is 4.90 Å². The van der Waals surface area contributed by atoms with E-state index in [9.17, 15) is 0 Å². The van der Waals surface area contributed by atoms with Crippen LogP contribution in [0.3, 0.4) is 0 Å². The van der Waals surface area contributed by atoms with Crippen molar-refractivity contribution in [2.24, 2.45) is 5.73 Å². The minimum absolute atomic E-state index is 0.355. The van der Waals surface area contributed by atoms with Crippen molar-refractivity contribution in [3.63, 3.8) is 0 Å². The van der Waals surface area contributed by atoms with Gasteiger partial charge in [-0.1, -0.05) is 19.1 Å². The smallest absolute Gasteiger partial charge is 0.0476 e. The summed E-state index contributed by atoms with van der Waals surface area (Å²) in [5.41, 5.74) is 8.70. The highest BCUT2D eigenvalue weighted by Gasteiger charge is 2.34. The lowest BCUT2D eigenvalue weighted by Crippen LogP contribution is -2.41. The predicted octanol–water partition coefficient (Wildman–Crippen LogP) is 3.02. The second-order valence-electron chi connectivity index (χ2n) is 6.17. The third-order valence-electron chi connectivity index (χ3n) is 4.70. The summed E-state index contributed by atoms with van der Waals surface area (Å²) in [5.74, 6) is 0. The van der Waals surface area contributed by atoms with Crippen LogP contribution in [-0.4, -0.2) is 37.6 Å². The average Bonchev–Trinajstić information content (AvgIpc) is 2.82. The molecule has 0 spiro atoms. The molecule has 1 aromatic rings. The van der Waals surface area contributed by atoms with E-state index in [1.807, 2.05) is 0 Å². The fourth-order valence-electron chi connectivity index (χ4n) is 3.49. The molecule has 20 heavy (non-hydrogen) atoms. The molecule has 1 heterocycles. The molecule has 1 aliphatic rings. The molecule has 0 aliphatic carbocycles. The summed E-state index contributed by atoms with van der Waals surface area (Å²) in [6, 6.07) is 10.6. The zero-order valence-electron chi connectivity index (χ0n) is 13.3. The first-order valence-corrected chi connectivity index (χ1v) is 7.83. The molecule has 3 heteroatoms. The lowest BCUT2D eigenvalue weighted by atomic mass is 10.0. The molecule has 3 unspecified atom stereocenters. The monoisotopic (exact) mass is 275 g/mol. The Hall–Kier alpha value is -1.06. The molecule has 0 amide bonds. The Labute approximate surface area is 123 Å². The molecule has 3 atom stereocenters. The van der Waals surface area contributed by atoms with Gasteiger partial charge in [-0.25, -0.2) is 0 Å². The molecule has 3 nitrogen and oxygen atoms in total. The van der Waals surface area contributed by atoms with Gasteiger partial charge in [0.15, 0.2) is 0 Å². The molecule has 0 radical (unpaired) electrons. The van der Waals surface area contributed by atoms with Crippen LogP contribution in [0.2, 0.25) is 0 Å². The van der Waals surface area contributed by atoms with Crippen molar-refractivity contribution < 1.29 is 0 Å². The molecular formula is C17H29N3. The first-order valence-electron chi connectivity index (χ1n) is 7.83. The van der Waals surface area contributed by atoms with Crippen LogP contribution in [0, 0.1) is 0 Å². The first kappa shape index (κ1) is 15.3. The van der Waals surface area contributed by atoms with Crippen LogP contribution in [0.4, 0.5) is 5.69 Å². The van der Waals surface area contributed by atoms with E-state index in [-0.39, 0.29) is 0 Å². The molecule has 0 saturated carbocycles. The fraction of sp³-hybridized carbons (Fsp3) is 0.647. The molecule has 2 rings (SSSR count). The molecule has 0 bridgehead atoms. The number of nitrogens with two attached hydrogens (primary N) is 1. The highest BCUT2D eigenvalue weighted by Crippen LogP contribution is 2.35. The Morgan fingerprint density at radius 3 is 2.40 bits per heavy atom. The van der Waals surface area contributed by atoms with Crippen LogP contribution in [0.5, 0.6) is 0 Å². The van der Waals surface area contributed by atoms with Crippen molar-refractivity contribution >= 4 is 5.69 Å². The van der Waals surface area contributed by atoms with Gasteiger partial charge >= 0.3 is 0 Å². The zero-order chi connectivity index (χ0) is 14.7. The summed E-state index contributed by atoms with van der Waals surface area (Å²) in [6.45, 7) is 5.33. The summed E-state index contributed by atoms with van der Waals surface area (Å²) in [5, 5.41) is 0. The second-order valence-corrected chi connectivity index (χ2v) is 6.17. The van der Waals surface area contributed by atoms with E-state index in [1.54, 1.807) is 0 Å². The topological polar surface area (TPSA) is 32.5 Å². The summed E-state index contributed by atoms with van der Waals surface area (Å²) in [4.78, 5) is 4.78. The second kappa shape index (κ2) is 6.59. The SMILES string of the molecule is CCC1CCC(C)N1C(CN)c1ccc(N(C)C)cc1. The fourth-order valence-corrected chi connectivity index (χ4v) is 3.49. The van der Waals surface area contributed by atoms with E-state index in [0.717, 1.165) is 0 Å². The molecule has 112 valence electrons. The van der Waals surface area contributed by atoms with E-state index < -0.39 is 0 Å². The van der Waals surface area contributed by atoms with Crippen LogP contribution in [0.1, 0.15) is 44.7 Å². The van der Waals surface area contributed by atoms with Crippen molar-refractivity contribution in [3.05, 3.63) is 29.8 Å². The quantitative estimate of drug-likeness (QED) is 0.896. The minimum atomic E-state index is 0.355. The number of hydrogen-bond donors (Lipinski definition) is 1. The van der Waals surface area contributed by atoms with Crippen LogP contribution in [-0.2, 0) is 0 Å². The standard InChI is InChI=1S/C17H29N3/c1-5-15-9-6-13(2)20(15)17(12-18)14-7-10-16(11-8-14)19(3)4/h7-8,10-11,13,15,17H,5-6,9,12,18H2,1-4H3. The highest BCUT2D eigenvalue weighted by molar-refractivity contribution is 5.46. The van der Waals surface area contributed by atoms with Crippen LogP contribution in [0.15, 0.2) is 24.3 Å². The van der Waals surface area contributed by atoms with Crippen molar-refractivity contribution in [2.45, 2.75) is 51.2 Å². The van der Waals surface area contributed by atoms with Crippen LogP contribution < -0.4 is 10.6 Å².